The zero-order valence-corrected chi connectivity index (χ0v) is 11.5. The van der Waals surface area contributed by atoms with Gasteiger partial charge in [0.1, 0.15) is 5.75 Å². The van der Waals surface area contributed by atoms with Crippen molar-refractivity contribution in [2.45, 2.75) is 33.1 Å². The molecule has 0 amide bonds. The number of rotatable bonds is 6. The summed E-state index contributed by atoms with van der Waals surface area (Å²) in [5, 5.41) is 9.56. The summed E-state index contributed by atoms with van der Waals surface area (Å²) in [6, 6.07) is 7.69. The van der Waals surface area contributed by atoms with E-state index < -0.39 is 0 Å². The van der Waals surface area contributed by atoms with Crippen molar-refractivity contribution in [3.63, 3.8) is 0 Å². The lowest BCUT2D eigenvalue weighted by atomic mass is 9.85. The highest BCUT2D eigenvalue weighted by atomic mass is 16.3. The molecule has 0 spiro atoms. The van der Waals surface area contributed by atoms with Crippen LogP contribution in [0.2, 0.25) is 0 Å². The van der Waals surface area contributed by atoms with Gasteiger partial charge in [-0.15, -0.1) is 0 Å². The lowest BCUT2D eigenvalue weighted by Crippen LogP contribution is -2.27. The first-order chi connectivity index (χ1) is 8.08. The third-order valence-electron chi connectivity index (χ3n) is 3.56. The molecule has 0 heterocycles. The topological polar surface area (TPSA) is 23.5 Å². The van der Waals surface area contributed by atoms with E-state index in [1.807, 2.05) is 12.1 Å². The Morgan fingerprint density at radius 2 is 2.00 bits per heavy atom. The number of phenols is 1. The second kappa shape index (κ2) is 6.65. The van der Waals surface area contributed by atoms with Gasteiger partial charge in [0.2, 0.25) is 0 Å². The fourth-order valence-electron chi connectivity index (χ4n) is 2.47. The normalized spacial score (nSPS) is 14.9. The van der Waals surface area contributed by atoms with E-state index in [-0.39, 0.29) is 0 Å². The van der Waals surface area contributed by atoms with E-state index in [1.165, 1.54) is 5.56 Å². The predicted molar refractivity (Wildman–Crippen MR) is 73.5 cm³/mol. The number of hydrogen-bond donors (Lipinski definition) is 1. The molecule has 1 N–H and O–H groups in total. The molecule has 1 aromatic carbocycles. The standard InChI is InChI=1S/C15H25NO/c1-5-15(12(3)11-16(4)6-2)13-8-7-9-14(17)10-13/h7-10,12,15,17H,5-6,11H2,1-4H3/t12-,15+/m0/s1. The maximum Gasteiger partial charge on any atom is 0.115 e. The Kier molecular flexibility index (Phi) is 5.49. The van der Waals surface area contributed by atoms with Gasteiger partial charge in [0.15, 0.2) is 0 Å². The van der Waals surface area contributed by atoms with Crippen LogP contribution in [0.15, 0.2) is 24.3 Å². The van der Waals surface area contributed by atoms with Crippen molar-refractivity contribution in [3.8, 4) is 5.75 Å². The summed E-state index contributed by atoms with van der Waals surface area (Å²) in [6.45, 7) is 8.88. The summed E-state index contributed by atoms with van der Waals surface area (Å²) >= 11 is 0. The van der Waals surface area contributed by atoms with E-state index in [0.29, 0.717) is 17.6 Å². The van der Waals surface area contributed by atoms with Crippen LogP contribution in [-0.4, -0.2) is 30.1 Å². The average Bonchev–Trinajstić information content (AvgIpc) is 2.30. The molecule has 96 valence electrons. The number of aromatic hydroxyl groups is 1. The van der Waals surface area contributed by atoms with Crippen molar-refractivity contribution in [2.75, 3.05) is 20.1 Å². The third-order valence-corrected chi connectivity index (χ3v) is 3.56. The molecule has 0 saturated heterocycles. The number of hydrogen-bond acceptors (Lipinski definition) is 2. The van der Waals surface area contributed by atoms with E-state index in [4.69, 9.17) is 0 Å². The van der Waals surface area contributed by atoms with Gasteiger partial charge >= 0.3 is 0 Å². The fraction of sp³-hybridized carbons (Fsp3) is 0.600. The molecule has 0 aromatic heterocycles. The second-order valence-electron chi connectivity index (χ2n) is 4.94. The molecule has 2 nitrogen and oxygen atoms in total. The Balaban J connectivity index is 2.77. The van der Waals surface area contributed by atoms with Crippen LogP contribution in [0.25, 0.3) is 0 Å². The van der Waals surface area contributed by atoms with Crippen molar-refractivity contribution < 1.29 is 5.11 Å². The minimum atomic E-state index is 0.372. The fourth-order valence-corrected chi connectivity index (χ4v) is 2.47. The highest BCUT2D eigenvalue weighted by Crippen LogP contribution is 2.30. The van der Waals surface area contributed by atoms with Crippen LogP contribution in [0.5, 0.6) is 5.75 Å². The van der Waals surface area contributed by atoms with E-state index in [0.717, 1.165) is 19.5 Å². The molecule has 2 atom stereocenters. The highest BCUT2D eigenvalue weighted by molar-refractivity contribution is 5.30. The summed E-state index contributed by atoms with van der Waals surface area (Å²) in [5.41, 5.74) is 1.25. The van der Waals surface area contributed by atoms with E-state index in [2.05, 4.69) is 38.8 Å². The Bertz CT molecular complexity index is 337. The molecule has 1 aromatic rings. The molecule has 0 aliphatic heterocycles. The number of nitrogens with zero attached hydrogens (tertiary/aromatic N) is 1. The zero-order chi connectivity index (χ0) is 12.8. The molecule has 0 fully saturated rings. The summed E-state index contributed by atoms with van der Waals surface area (Å²) < 4.78 is 0. The minimum Gasteiger partial charge on any atom is -0.508 e. The van der Waals surface area contributed by atoms with Crippen molar-refractivity contribution in [2.24, 2.45) is 5.92 Å². The third kappa shape index (κ3) is 4.04. The van der Waals surface area contributed by atoms with Crippen molar-refractivity contribution >= 4 is 0 Å². The average molecular weight is 235 g/mol. The van der Waals surface area contributed by atoms with Crippen molar-refractivity contribution in [1.29, 1.82) is 0 Å². The molecule has 0 aliphatic rings. The zero-order valence-electron chi connectivity index (χ0n) is 11.5. The first-order valence-corrected chi connectivity index (χ1v) is 6.55. The smallest absolute Gasteiger partial charge is 0.115 e. The van der Waals surface area contributed by atoms with Crippen LogP contribution in [0.3, 0.4) is 0 Å². The molecule has 0 bridgehead atoms. The molecule has 2 heteroatoms. The molecule has 0 aliphatic carbocycles. The van der Waals surface area contributed by atoms with Crippen LogP contribution in [0.4, 0.5) is 0 Å². The largest absolute Gasteiger partial charge is 0.508 e. The van der Waals surface area contributed by atoms with Crippen LogP contribution < -0.4 is 0 Å². The molecule has 17 heavy (non-hydrogen) atoms. The quantitative estimate of drug-likeness (QED) is 0.816. The summed E-state index contributed by atoms with van der Waals surface area (Å²) in [6.07, 6.45) is 1.11. The van der Waals surface area contributed by atoms with Crippen molar-refractivity contribution in [1.82, 2.24) is 4.90 Å². The Labute approximate surface area is 105 Å². The van der Waals surface area contributed by atoms with Gasteiger partial charge in [-0.2, -0.15) is 0 Å². The Morgan fingerprint density at radius 1 is 1.29 bits per heavy atom. The van der Waals surface area contributed by atoms with Gasteiger partial charge in [-0.25, -0.2) is 0 Å². The van der Waals surface area contributed by atoms with Crippen LogP contribution in [0.1, 0.15) is 38.7 Å². The van der Waals surface area contributed by atoms with E-state index in [9.17, 15) is 5.11 Å². The van der Waals surface area contributed by atoms with Gasteiger partial charge in [-0.05, 0) is 49.5 Å². The summed E-state index contributed by atoms with van der Waals surface area (Å²) in [7, 11) is 2.16. The first kappa shape index (κ1) is 14.0. The van der Waals surface area contributed by atoms with Crippen molar-refractivity contribution in [3.05, 3.63) is 29.8 Å². The maximum atomic E-state index is 9.56. The van der Waals surface area contributed by atoms with Gasteiger partial charge < -0.3 is 10.0 Å². The summed E-state index contributed by atoms with van der Waals surface area (Å²) in [4.78, 5) is 2.34. The van der Waals surface area contributed by atoms with E-state index >= 15 is 0 Å². The lowest BCUT2D eigenvalue weighted by Gasteiger charge is -2.27. The van der Waals surface area contributed by atoms with Gasteiger partial charge in [0.05, 0.1) is 0 Å². The van der Waals surface area contributed by atoms with E-state index in [1.54, 1.807) is 6.07 Å². The van der Waals surface area contributed by atoms with Gasteiger partial charge in [-0.3, -0.25) is 0 Å². The molecular weight excluding hydrogens is 210 g/mol. The predicted octanol–water partition coefficient (Wildman–Crippen LogP) is 3.47. The molecular formula is C15H25NO. The minimum absolute atomic E-state index is 0.372. The van der Waals surface area contributed by atoms with Crippen LogP contribution in [0, 0.1) is 5.92 Å². The SMILES string of the molecule is CC[C@@H](c1cccc(O)c1)[C@@H](C)CN(C)CC. The molecule has 0 unspecified atom stereocenters. The highest BCUT2D eigenvalue weighted by Gasteiger charge is 2.18. The Hall–Kier alpha value is -1.02. The van der Waals surface area contributed by atoms with Gasteiger partial charge in [0, 0.05) is 6.54 Å². The van der Waals surface area contributed by atoms with Crippen LogP contribution >= 0.6 is 0 Å². The summed E-state index contributed by atoms with van der Waals surface area (Å²) in [5.74, 6) is 1.50. The lowest BCUT2D eigenvalue weighted by molar-refractivity contribution is 0.270. The second-order valence-corrected chi connectivity index (χ2v) is 4.94. The monoisotopic (exact) mass is 235 g/mol. The maximum absolute atomic E-state index is 9.56. The number of phenolic OH excluding ortho intramolecular Hbond substituents is 1. The van der Waals surface area contributed by atoms with Gasteiger partial charge in [0.25, 0.3) is 0 Å². The Morgan fingerprint density at radius 3 is 2.53 bits per heavy atom. The molecule has 0 radical (unpaired) electrons. The van der Waals surface area contributed by atoms with Crippen LogP contribution in [-0.2, 0) is 0 Å². The molecule has 1 rings (SSSR count). The first-order valence-electron chi connectivity index (χ1n) is 6.55. The number of benzene rings is 1. The van der Waals surface area contributed by atoms with Gasteiger partial charge in [-0.1, -0.05) is 32.9 Å². The molecule has 0 saturated carbocycles.